The number of pyridine rings is 1. The first-order chi connectivity index (χ1) is 15.1. The van der Waals surface area contributed by atoms with Crippen LogP contribution in [0.3, 0.4) is 0 Å². The molecule has 1 saturated heterocycles. The second kappa shape index (κ2) is 11.6. The van der Waals surface area contributed by atoms with E-state index in [1.54, 1.807) is 6.20 Å². The molecule has 1 fully saturated rings. The molecule has 31 heavy (non-hydrogen) atoms. The van der Waals surface area contributed by atoms with Crippen LogP contribution >= 0.6 is 11.6 Å². The zero-order valence-electron chi connectivity index (χ0n) is 18.0. The molecule has 166 valence electrons. The van der Waals surface area contributed by atoms with Crippen LogP contribution in [0.1, 0.15) is 30.9 Å². The van der Waals surface area contributed by atoms with Crippen LogP contribution in [0.15, 0.2) is 47.6 Å². The second-order valence-corrected chi connectivity index (χ2v) is 8.11. The fourth-order valence-corrected chi connectivity index (χ4v) is 3.85. The number of carbonyl (C=O) groups excluding carboxylic acids is 1. The number of primary amides is 1. The van der Waals surface area contributed by atoms with E-state index in [1.165, 1.54) is 5.56 Å². The molecule has 0 radical (unpaired) electrons. The Kier molecular flexibility index (Phi) is 8.53. The number of halogens is 1. The highest BCUT2D eigenvalue weighted by Gasteiger charge is 2.25. The summed E-state index contributed by atoms with van der Waals surface area (Å²) >= 11 is 5.95. The predicted molar refractivity (Wildman–Crippen MR) is 126 cm³/mol. The van der Waals surface area contributed by atoms with Crippen molar-refractivity contribution in [2.24, 2.45) is 16.6 Å². The molecule has 0 bridgehead atoms. The largest absolute Gasteiger partial charge is 0.369 e. The van der Waals surface area contributed by atoms with Gasteiger partial charge < -0.3 is 21.3 Å². The number of hydrogen-bond donors (Lipinski definition) is 3. The van der Waals surface area contributed by atoms with Crippen LogP contribution in [0.4, 0.5) is 5.82 Å². The minimum Gasteiger partial charge on any atom is -0.369 e. The lowest BCUT2D eigenvalue weighted by Gasteiger charge is -2.33. The maximum atomic E-state index is 11.7. The van der Waals surface area contributed by atoms with Crippen LogP contribution in [-0.4, -0.2) is 43.0 Å². The summed E-state index contributed by atoms with van der Waals surface area (Å²) in [7, 11) is 0. The zero-order valence-corrected chi connectivity index (χ0v) is 18.7. The number of carbonyl (C=O) groups is 1. The van der Waals surface area contributed by atoms with Crippen molar-refractivity contribution in [3.05, 3.63) is 58.7 Å². The van der Waals surface area contributed by atoms with Crippen LogP contribution < -0.4 is 21.3 Å². The third-order valence-electron chi connectivity index (χ3n) is 5.36. The Bertz CT molecular complexity index is 886. The van der Waals surface area contributed by atoms with Gasteiger partial charge >= 0.3 is 0 Å². The third-order valence-corrected chi connectivity index (χ3v) is 5.61. The molecule has 3 rings (SSSR count). The van der Waals surface area contributed by atoms with Crippen LogP contribution in [0.5, 0.6) is 0 Å². The van der Waals surface area contributed by atoms with E-state index in [4.69, 9.17) is 22.3 Å². The van der Waals surface area contributed by atoms with Gasteiger partial charge in [-0.25, -0.2) is 9.98 Å². The van der Waals surface area contributed by atoms with Gasteiger partial charge in [-0.1, -0.05) is 29.8 Å². The Hall–Kier alpha value is -2.80. The van der Waals surface area contributed by atoms with E-state index < -0.39 is 0 Å². The summed E-state index contributed by atoms with van der Waals surface area (Å²) in [5, 5.41) is 7.42. The molecular formula is C23H31ClN6O. The van der Waals surface area contributed by atoms with Crippen molar-refractivity contribution >= 4 is 29.3 Å². The van der Waals surface area contributed by atoms with E-state index in [-0.39, 0.29) is 11.8 Å². The number of benzene rings is 1. The number of nitrogens with two attached hydrogens (primary N) is 1. The van der Waals surface area contributed by atoms with E-state index in [1.807, 2.05) is 43.3 Å². The van der Waals surface area contributed by atoms with E-state index in [9.17, 15) is 4.79 Å². The summed E-state index contributed by atoms with van der Waals surface area (Å²) in [4.78, 5) is 23.1. The predicted octanol–water partition coefficient (Wildman–Crippen LogP) is 2.73. The van der Waals surface area contributed by atoms with Gasteiger partial charge in [0, 0.05) is 43.0 Å². The highest BCUT2D eigenvalue weighted by Crippen LogP contribution is 2.25. The van der Waals surface area contributed by atoms with Crippen molar-refractivity contribution in [3.63, 3.8) is 0 Å². The van der Waals surface area contributed by atoms with Gasteiger partial charge in [0.15, 0.2) is 5.96 Å². The van der Waals surface area contributed by atoms with Gasteiger partial charge in [-0.05, 0) is 49.9 Å². The van der Waals surface area contributed by atoms with Gasteiger partial charge in [-0.2, -0.15) is 0 Å². The molecule has 1 aromatic carbocycles. The molecule has 1 aromatic heterocycles. The molecule has 1 aliphatic heterocycles. The average Bonchev–Trinajstić information content (AvgIpc) is 2.79. The van der Waals surface area contributed by atoms with Crippen molar-refractivity contribution in [2.75, 3.05) is 31.1 Å². The molecule has 4 N–H and O–H groups in total. The van der Waals surface area contributed by atoms with E-state index in [0.717, 1.165) is 61.3 Å². The topological polar surface area (TPSA) is 95.6 Å². The van der Waals surface area contributed by atoms with E-state index >= 15 is 0 Å². The number of nitrogens with zero attached hydrogens (tertiary/aromatic N) is 3. The minimum absolute atomic E-state index is 0.126. The van der Waals surface area contributed by atoms with Crippen LogP contribution in [0.2, 0.25) is 5.02 Å². The van der Waals surface area contributed by atoms with Crippen molar-refractivity contribution in [1.29, 1.82) is 0 Å². The fourth-order valence-electron chi connectivity index (χ4n) is 3.72. The summed E-state index contributed by atoms with van der Waals surface area (Å²) in [6, 6.07) is 11.8. The molecule has 1 amide bonds. The summed E-state index contributed by atoms with van der Waals surface area (Å²) < 4.78 is 0. The Morgan fingerprint density at radius 3 is 2.84 bits per heavy atom. The molecule has 1 atom stereocenters. The number of hydrogen-bond acceptors (Lipinski definition) is 4. The van der Waals surface area contributed by atoms with Crippen LogP contribution in [0.25, 0.3) is 0 Å². The molecule has 0 spiro atoms. The van der Waals surface area contributed by atoms with Gasteiger partial charge in [0.2, 0.25) is 5.91 Å². The Labute approximate surface area is 189 Å². The molecule has 0 saturated carbocycles. The zero-order chi connectivity index (χ0) is 22.1. The molecule has 8 heteroatoms. The number of guanidine groups is 1. The van der Waals surface area contributed by atoms with Gasteiger partial charge in [0.25, 0.3) is 0 Å². The number of anilines is 1. The molecule has 2 heterocycles. The lowest BCUT2D eigenvalue weighted by Crippen LogP contribution is -2.42. The van der Waals surface area contributed by atoms with Gasteiger partial charge in [-0.3, -0.25) is 4.79 Å². The number of nitrogens with one attached hydrogen (secondary N) is 2. The lowest BCUT2D eigenvalue weighted by atomic mass is 9.97. The van der Waals surface area contributed by atoms with Gasteiger partial charge in [0.05, 0.1) is 12.5 Å². The number of amides is 1. The number of piperidine rings is 1. The first-order valence-electron chi connectivity index (χ1n) is 10.8. The van der Waals surface area contributed by atoms with Crippen LogP contribution in [0, 0.1) is 5.92 Å². The van der Waals surface area contributed by atoms with Crippen molar-refractivity contribution in [2.45, 2.75) is 32.7 Å². The van der Waals surface area contributed by atoms with E-state index in [2.05, 4.69) is 20.5 Å². The van der Waals surface area contributed by atoms with Crippen molar-refractivity contribution < 1.29 is 4.79 Å². The van der Waals surface area contributed by atoms with Crippen LogP contribution in [-0.2, 0) is 17.8 Å². The second-order valence-electron chi connectivity index (χ2n) is 7.67. The summed E-state index contributed by atoms with van der Waals surface area (Å²) in [6.07, 6.45) is 4.43. The highest BCUT2D eigenvalue weighted by atomic mass is 35.5. The average molecular weight is 443 g/mol. The molecule has 1 unspecified atom stereocenters. The maximum absolute atomic E-state index is 11.7. The summed E-state index contributed by atoms with van der Waals surface area (Å²) in [5.41, 5.74) is 7.79. The lowest BCUT2D eigenvalue weighted by molar-refractivity contribution is -0.122. The number of rotatable bonds is 8. The Morgan fingerprint density at radius 1 is 1.29 bits per heavy atom. The third kappa shape index (κ3) is 6.85. The molecular weight excluding hydrogens is 412 g/mol. The smallest absolute Gasteiger partial charge is 0.222 e. The number of aromatic nitrogens is 1. The normalized spacial score (nSPS) is 16.8. The van der Waals surface area contributed by atoms with Crippen molar-refractivity contribution in [3.8, 4) is 0 Å². The summed E-state index contributed by atoms with van der Waals surface area (Å²) in [6.45, 7) is 5.57. The molecule has 0 aliphatic carbocycles. The maximum Gasteiger partial charge on any atom is 0.222 e. The Balaban J connectivity index is 1.63. The van der Waals surface area contributed by atoms with E-state index in [0.29, 0.717) is 13.1 Å². The monoisotopic (exact) mass is 442 g/mol. The van der Waals surface area contributed by atoms with Gasteiger partial charge in [-0.15, -0.1) is 0 Å². The quantitative estimate of drug-likeness (QED) is 0.431. The first kappa shape index (κ1) is 22.9. The highest BCUT2D eigenvalue weighted by molar-refractivity contribution is 6.30. The Morgan fingerprint density at radius 2 is 2.10 bits per heavy atom. The standard InChI is InChI=1S/C23H31ClN6O/c1-2-26-23(28-13-11-17-7-9-20(24)10-8-17)29-15-18-5-3-12-27-22(18)30-14-4-6-19(16-30)21(25)31/h3,5,7-10,12,19H,2,4,6,11,13-16H2,1H3,(H2,25,31)(H2,26,28,29). The SMILES string of the molecule is CCNC(=NCc1cccnc1N1CCCC(C(N)=O)C1)NCCc1ccc(Cl)cc1. The number of aliphatic imine (C=N–C) groups is 1. The minimum atomic E-state index is -0.237. The first-order valence-corrected chi connectivity index (χ1v) is 11.2. The fraction of sp³-hybridized carbons (Fsp3) is 0.435. The van der Waals surface area contributed by atoms with Gasteiger partial charge in [0.1, 0.15) is 5.82 Å². The summed E-state index contributed by atoms with van der Waals surface area (Å²) in [5.74, 6) is 1.28. The molecule has 2 aromatic rings. The molecule has 7 nitrogen and oxygen atoms in total. The molecule has 1 aliphatic rings. The van der Waals surface area contributed by atoms with Crippen molar-refractivity contribution in [1.82, 2.24) is 15.6 Å².